The molecule has 0 radical (unpaired) electrons. The maximum atomic E-state index is 13.7. The van der Waals surface area contributed by atoms with Crippen molar-refractivity contribution in [3.05, 3.63) is 113 Å². The van der Waals surface area contributed by atoms with E-state index in [4.69, 9.17) is 0 Å². The molecule has 1 amide bonds. The maximum Gasteiger partial charge on any atom is 0.252 e. The highest BCUT2D eigenvalue weighted by Crippen LogP contribution is 2.29. The van der Waals surface area contributed by atoms with Crippen molar-refractivity contribution >= 4 is 29.3 Å². The van der Waals surface area contributed by atoms with E-state index in [0.717, 1.165) is 28.3 Å². The summed E-state index contributed by atoms with van der Waals surface area (Å²) in [6.07, 6.45) is 8.50. The van der Waals surface area contributed by atoms with Crippen LogP contribution in [0.2, 0.25) is 0 Å². The summed E-state index contributed by atoms with van der Waals surface area (Å²) < 4.78 is 27.3. The van der Waals surface area contributed by atoms with Crippen LogP contribution in [0.25, 0.3) is 22.8 Å². The van der Waals surface area contributed by atoms with E-state index >= 15 is 0 Å². The summed E-state index contributed by atoms with van der Waals surface area (Å²) in [5.41, 5.74) is 4.30. The highest BCUT2D eigenvalue weighted by Gasteiger charge is 2.18. The molecule has 0 saturated carbocycles. The number of H-pyrrole nitrogens is 1. The van der Waals surface area contributed by atoms with Crippen LogP contribution in [0, 0.1) is 11.6 Å². The van der Waals surface area contributed by atoms with E-state index in [9.17, 15) is 18.7 Å². The topological polar surface area (TPSA) is 78.0 Å². The lowest BCUT2D eigenvalue weighted by Crippen LogP contribution is -2.38. The summed E-state index contributed by atoms with van der Waals surface area (Å²) in [6.45, 7) is -0.160. The van der Waals surface area contributed by atoms with Gasteiger partial charge < -0.3 is 15.4 Å². The largest absolute Gasteiger partial charge is 0.394 e. The zero-order valence-electron chi connectivity index (χ0n) is 21.0. The van der Waals surface area contributed by atoms with E-state index in [-0.39, 0.29) is 30.2 Å². The lowest BCUT2D eigenvalue weighted by atomic mass is 9.94. The average molecular weight is 534 g/mol. The summed E-state index contributed by atoms with van der Waals surface area (Å²) >= 11 is 1.65. The summed E-state index contributed by atoms with van der Waals surface area (Å²) in [4.78, 5) is 20.7. The molecule has 5 nitrogen and oxygen atoms in total. The lowest BCUT2D eigenvalue weighted by molar-refractivity contribution is 0.0916. The van der Waals surface area contributed by atoms with Gasteiger partial charge in [0.1, 0.15) is 17.5 Å². The number of allylic oxidation sites excluding steroid dienone is 1. The molecule has 0 aliphatic rings. The summed E-state index contributed by atoms with van der Waals surface area (Å²) in [7, 11) is 0. The van der Waals surface area contributed by atoms with Crippen LogP contribution in [0.4, 0.5) is 8.78 Å². The van der Waals surface area contributed by atoms with E-state index in [0.29, 0.717) is 29.5 Å². The van der Waals surface area contributed by atoms with Gasteiger partial charge in [-0.15, -0.1) is 0 Å². The fourth-order valence-electron chi connectivity index (χ4n) is 4.13. The Labute approximate surface area is 225 Å². The van der Waals surface area contributed by atoms with Crippen molar-refractivity contribution in [1.82, 2.24) is 15.3 Å². The van der Waals surface area contributed by atoms with E-state index in [2.05, 4.69) is 15.3 Å². The molecule has 0 saturated heterocycles. The molecule has 1 atom stereocenters. The molecule has 8 heteroatoms. The first kappa shape index (κ1) is 27.3. The Morgan fingerprint density at radius 1 is 1.08 bits per heavy atom. The molecule has 3 N–H and O–H groups in total. The Kier molecular flexibility index (Phi) is 9.46. The van der Waals surface area contributed by atoms with Crippen molar-refractivity contribution in [2.45, 2.75) is 18.9 Å². The van der Waals surface area contributed by atoms with Crippen LogP contribution in [0.5, 0.6) is 0 Å². The van der Waals surface area contributed by atoms with Gasteiger partial charge in [-0.05, 0) is 82.7 Å². The number of hydrogen-bond acceptors (Lipinski definition) is 4. The van der Waals surface area contributed by atoms with Crippen LogP contribution in [-0.2, 0) is 6.42 Å². The third-order valence-corrected chi connectivity index (χ3v) is 6.78. The number of thioether (sulfide) groups is 1. The summed E-state index contributed by atoms with van der Waals surface area (Å²) in [6, 6.07) is 17.3. The molecule has 1 aromatic heterocycles. The number of rotatable bonds is 11. The number of imidazole rings is 1. The highest BCUT2D eigenvalue weighted by molar-refractivity contribution is 7.98. The number of nitrogens with zero attached hydrogens (tertiary/aromatic N) is 1. The van der Waals surface area contributed by atoms with Crippen LogP contribution in [0.15, 0.2) is 79.1 Å². The highest BCUT2D eigenvalue weighted by atomic mass is 32.2. The minimum Gasteiger partial charge on any atom is -0.394 e. The number of aliphatic hydroxyl groups excluding tert-OH is 1. The van der Waals surface area contributed by atoms with E-state index in [1.54, 1.807) is 54.5 Å². The standard InChI is InChI=1S/C30H29F2N3O2S/c1-38-15-12-26(19-36)35-30(37)27-11-2-20(17-28(27)22-5-9-25(32)10-6-22)16-23(18-29-33-13-14-34-29)21-3-7-24(31)8-4-21/h2-11,13-14,16-17,26,36H,12,15,18-19H2,1H3,(H,33,34)(H,35,37)/t26-/m0/s1. The van der Waals surface area contributed by atoms with Crippen LogP contribution >= 0.6 is 11.8 Å². The number of nitrogens with one attached hydrogen (secondary N) is 2. The van der Waals surface area contributed by atoms with Gasteiger partial charge in [-0.25, -0.2) is 13.8 Å². The third kappa shape index (κ3) is 7.18. The van der Waals surface area contributed by atoms with Crippen molar-refractivity contribution in [2.75, 3.05) is 18.6 Å². The number of amides is 1. The second-order valence-electron chi connectivity index (χ2n) is 8.84. The lowest BCUT2D eigenvalue weighted by Gasteiger charge is -2.18. The zero-order valence-corrected chi connectivity index (χ0v) is 21.8. The number of hydrogen-bond donors (Lipinski definition) is 3. The summed E-state index contributed by atoms with van der Waals surface area (Å²) in [5.74, 6) is 0.566. The molecule has 0 aliphatic heterocycles. The Bertz CT molecular complexity index is 1370. The second kappa shape index (κ2) is 13.2. The zero-order chi connectivity index (χ0) is 26.9. The number of aromatic nitrogens is 2. The van der Waals surface area contributed by atoms with E-state index < -0.39 is 0 Å². The molecular formula is C30H29F2N3O2S. The molecule has 0 spiro atoms. The van der Waals surface area contributed by atoms with Gasteiger partial charge in [0.2, 0.25) is 0 Å². The number of halogens is 2. The Morgan fingerprint density at radius 2 is 1.79 bits per heavy atom. The normalized spacial score (nSPS) is 12.4. The first-order valence-electron chi connectivity index (χ1n) is 12.2. The first-order chi connectivity index (χ1) is 18.5. The number of aromatic amines is 1. The van der Waals surface area contributed by atoms with Crippen molar-refractivity contribution in [3.63, 3.8) is 0 Å². The van der Waals surface area contributed by atoms with E-state index in [1.807, 2.05) is 24.5 Å². The molecule has 0 bridgehead atoms. The molecule has 3 aromatic carbocycles. The molecule has 38 heavy (non-hydrogen) atoms. The van der Waals surface area contributed by atoms with Crippen LogP contribution in [0.3, 0.4) is 0 Å². The fourth-order valence-corrected chi connectivity index (χ4v) is 4.65. The van der Waals surface area contributed by atoms with Crippen molar-refractivity contribution < 1.29 is 18.7 Å². The van der Waals surface area contributed by atoms with Crippen LogP contribution in [-0.4, -0.2) is 45.6 Å². The number of benzene rings is 3. The predicted molar refractivity (Wildman–Crippen MR) is 150 cm³/mol. The smallest absolute Gasteiger partial charge is 0.252 e. The molecule has 196 valence electrons. The fraction of sp³-hybridized carbons (Fsp3) is 0.200. The first-order valence-corrected chi connectivity index (χ1v) is 13.6. The molecule has 0 fully saturated rings. The van der Waals surface area contributed by atoms with Gasteiger partial charge in [-0.2, -0.15) is 11.8 Å². The Hall–Kier alpha value is -3.75. The van der Waals surface area contributed by atoms with Crippen molar-refractivity contribution in [2.24, 2.45) is 0 Å². The summed E-state index contributed by atoms with van der Waals surface area (Å²) in [5, 5.41) is 12.7. The number of carbonyl (C=O) groups excluding carboxylic acids is 1. The van der Waals surface area contributed by atoms with E-state index in [1.165, 1.54) is 24.3 Å². The number of carbonyl (C=O) groups is 1. The quantitative estimate of drug-likeness (QED) is 0.207. The van der Waals surface area contributed by atoms with Gasteiger partial charge in [0.25, 0.3) is 5.91 Å². The average Bonchev–Trinajstić information content (AvgIpc) is 3.44. The van der Waals surface area contributed by atoms with Gasteiger partial charge in [0.15, 0.2) is 0 Å². The van der Waals surface area contributed by atoms with Gasteiger partial charge in [-0.3, -0.25) is 4.79 Å². The SMILES string of the molecule is CSCC[C@@H](CO)NC(=O)c1ccc(C=C(Cc2ncc[nH]2)c2ccc(F)cc2)cc1-c1ccc(F)cc1. The van der Waals surface area contributed by atoms with Gasteiger partial charge in [-0.1, -0.05) is 36.4 Å². The predicted octanol–water partition coefficient (Wildman–Crippen LogP) is 5.98. The molecule has 4 rings (SSSR count). The van der Waals surface area contributed by atoms with Gasteiger partial charge in [0, 0.05) is 24.4 Å². The maximum absolute atomic E-state index is 13.7. The monoisotopic (exact) mass is 533 g/mol. The van der Waals surface area contributed by atoms with Crippen LogP contribution in [0.1, 0.15) is 33.7 Å². The minimum atomic E-state index is -0.370. The molecule has 1 heterocycles. The third-order valence-electron chi connectivity index (χ3n) is 6.14. The molecule has 0 aliphatic carbocycles. The number of aliphatic hydroxyl groups is 1. The molecular weight excluding hydrogens is 504 g/mol. The van der Waals surface area contributed by atoms with Gasteiger partial charge in [0.05, 0.1) is 12.6 Å². The minimum absolute atomic E-state index is 0.160. The van der Waals surface area contributed by atoms with Crippen molar-refractivity contribution in [3.8, 4) is 11.1 Å². The van der Waals surface area contributed by atoms with Crippen molar-refractivity contribution in [1.29, 1.82) is 0 Å². The molecule has 4 aromatic rings. The van der Waals surface area contributed by atoms with Gasteiger partial charge >= 0.3 is 0 Å². The second-order valence-corrected chi connectivity index (χ2v) is 9.82. The Morgan fingerprint density at radius 3 is 2.42 bits per heavy atom. The van der Waals surface area contributed by atoms with Crippen LogP contribution < -0.4 is 5.32 Å². The molecule has 0 unspecified atom stereocenters. The Balaban J connectivity index is 1.75.